The molecule has 2 N–H and O–H groups in total. The van der Waals surface area contributed by atoms with Gasteiger partial charge in [-0.15, -0.1) is 0 Å². The van der Waals surface area contributed by atoms with Gasteiger partial charge in [0.05, 0.1) is 12.8 Å². The van der Waals surface area contributed by atoms with Crippen LogP contribution in [-0.2, 0) is 4.79 Å². The Morgan fingerprint density at radius 3 is 2.68 bits per heavy atom. The van der Waals surface area contributed by atoms with Crippen LogP contribution in [-0.4, -0.2) is 66.3 Å². The standard InChI is InChI=1S/C19H26N6O3/c1-5-28-14-8-6-13(7-9-14)10-20-23-18-21-16-15(25(18)11-12(2)3)17(26)22-19(27)24(16)4/h6-10,12,15-16H,5,11H2,1-4H3,(H,21,23)(H,22,26,27)/b20-10+. The quantitative estimate of drug-likeness (QED) is 0.566. The number of carbonyl (C=O) groups excluding carboxylic acids is 2. The Kier molecular flexibility index (Phi) is 5.81. The lowest BCUT2D eigenvalue weighted by atomic mass is 10.1. The van der Waals surface area contributed by atoms with Gasteiger partial charge < -0.3 is 14.5 Å². The number of hydrogen-bond acceptors (Lipinski definition) is 7. The van der Waals surface area contributed by atoms with Crippen LogP contribution in [0.4, 0.5) is 4.79 Å². The van der Waals surface area contributed by atoms with E-state index in [4.69, 9.17) is 4.74 Å². The van der Waals surface area contributed by atoms with Crippen molar-refractivity contribution in [2.45, 2.75) is 33.0 Å². The first-order valence-corrected chi connectivity index (χ1v) is 9.34. The SMILES string of the molecule is CCOc1ccc(/C=N/NC2=NC3C(C(=O)NC(=O)N3C)N2CC(C)C)cc1. The number of amides is 3. The minimum Gasteiger partial charge on any atom is -0.494 e. The van der Waals surface area contributed by atoms with E-state index < -0.39 is 18.2 Å². The second-order valence-electron chi connectivity index (χ2n) is 7.13. The lowest BCUT2D eigenvalue weighted by molar-refractivity contribution is -0.127. The van der Waals surface area contributed by atoms with Crippen molar-refractivity contribution in [3.8, 4) is 5.75 Å². The first-order chi connectivity index (χ1) is 13.4. The minimum absolute atomic E-state index is 0.302. The third kappa shape index (κ3) is 4.08. The lowest BCUT2D eigenvalue weighted by Gasteiger charge is -2.36. The number of carbonyl (C=O) groups is 2. The molecule has 1 fully saturated rings. The third-order valence-electron chi connectivity index (χ3n) is 4.49. The largest absolute Gasteiger partial charge is 0.494 e. The molecule has 28 heavy (non-hydrogen) atoms. The fraction of sp³-hybridized carbons (Fsp3) is 0.474. The number of fused-ring (bicyclic) bond motifs is 1. The summed E-state index contributed by atoms with van der Waals surface area (Å²) in [4.78, 5) is 32.1. The van der Waals surface area contributed by atoms with Crippen LogP contribution in [0, 0.1) is 5.92 Å². The molecule has 0 radical (unpaired) electrons. The maximum Gasteiger partial charge on any atom is 0.325 e. The van der Waals surface area contributed by atoms with Crippen LogP contribution in [0.2, 0.25) is 0 Å². The normalized spacial score (nSPS) is 21.8. The number of benzene rings is 1. The summed E-state index contributed by atoms with van der Waals surface area (Å²) in [5.74, 6) is 1.24. The second-order valence-corrected chi connectivity index (χ2v) is 7.13. The molecule has 0 aliphatic carbocycles. The zero-order valence-electron chi connectivity index (χ0n) is 16.5. The molecule has 9 nitrogen and oxygen atoms in total. The first kappa shape index (κ1) is 19.7. The van der Waals surface area contributed by atoms with Crippen LogP contribution in [0.1, 0.15) is 26.3 Å². The molecule has 0 aromatic heterocycles. The van der Waals surface area contributed by atoms with Crippen LogP contribution >= 0.6 is 0 Å². The van der Waals surface area contributed by atoms with E-state index in [1.165, 1.54) is 4.90 Å². The highest BCUT2D eigenvalue weighted by Gasteiger charge is 2.48. The number of guanidine groups is 1. The molecule has 150 valence electrons. The Hall–Kier alpha value is -3.10. The number of ether oxygens (including phenoxy) is 1. The second kappa shape index (κ2) is 8.28. The molecular formula is C19H26N6O3. The molecule has 0 saturated carbocycles. The molecule has 1 aromatic rings. The van der Waals surface area contributed by atoms with Crippen LogP contribution in [0.3, 0.4) is 0 Å². The van der Waals surface area contributed by atoms with Crippen molar-refractivity contribution < 1.29 is 14.3 Å². The van der Waals surface area contributed by atoms with E-state index in [0.29, 0.717) is 25.0 Å². The summed E-state index contributed by atoms with van der Waals surface area (Å²) < 4.78 is 5.42. The van der Waals surface area contributed by atoms with Gasteiger partial charge in [0.15, 0.2) is 12.2 Å². The smallest absolute Gasteiger partial charge is 0.325 e. The highest BCUT2D eigenvalue weighted by molar-refractivity contribution is 6.03. The summed E-state index contributed by atoms with van der Waals surface area (Å²) in [6.45, 7) is 7.29. The van der Waals surface area contributed by atoms with E-state index in [1.807, 2.05) is 36.1 Å². The third-order valence-corrected chi connectivity index (χ3v) is 4.49. The minimum atomic E-state index is -0.567. The number of urea groups is 1. The maximum absolute atomic E-state index is 12.4. The molecule has 2 aliphatic heterocycles. The molecule has 2 aliphatic rings. The van der Waals surface area contributed by atoms with Gasteiger partial charge in [0.2, 0.25) is 5.96 Å². The molecule has 1 aromatic carbocycles. The molecule has 3 rings (SSSR count). The summed E-state index contributed by atoms with van der Waals surface area (Å²) in [6.07, 6.45) is 1.10. The average Bonchev–Trinajstić information content (AvgIpc) is 3.00. The Bertz CT molecular complexity index is 789. The van der Waals surface area contributed by atoms with E-state index >= 15 is 0 Å². The molecule has 3 amide bonds. The van der Waals surface area contributed by atoms with Crippen LogP contribution in [0.15, 0.2) is 34.4 Å². The van der Waals surface area contributed by atoms with Gasteiger partial charge in [-0.2, -0.15) is 5.10 Å². The van der Waals surface area contributed by atoms with Crippen molar-refractivity contribution >= 4 is 24.1 Å². The fourth-order valence-electron chi connectivity index (χ4n) is 3.19. The molecule has 2 heterocycles. The zero-order valence-corrected chi connectivity index (χ0v) is 16.5. The zero-order chi connectivity index (χ0) is 20.3. The first-order valence-electron chi connectivity index (χ1n) is 9.34. The van der Waals surface area contributed by atoms with Gasteiger partial charge in [-0.25, -0.2) is 15.2 Å². The van der Waals surface area contributed by atoms with E-state index in [1.54, 1.807) is 13.3 Å². The van der Waals surface area contributed by atoms with Crippen molar-refractivity contribution in [2.75, 3.05) is 20.2 Å². The van der Waals surface area contributed by atoms with Gasteiger partial charge in [0, 0.05) is 13.6 Å². The van der Waals surface area contributed by atoms with E-state index in [-0.39, 0.29) is 5.91 Å². The van der Waals surface area contributed by atoms with E-state index in [2.05, 4.69) is 34.7 Å². The molecule has 9 heteroatoms. The maximum atomic E-state index is 12.4. The van der Waals surface area contributed by atoms with Crippen LogP contribution in [0.25, 0.3) is 0 Å². The Morgan fingerprint density at radius 1 is 1.32 bits per heavy atom. The van der Waals surface area contributed by atoms with Gasteiger partial charge in [-0.05, 0) is 42.7 Å². The summed E-state index contributed by atoms with van der Waals surface area (Å²) in [7, 11) is 1.63. The monoisotopic (exact) mass is 386 g/mol. The van der Waals surface area contributed by atoms with Crippen molar-refractivity contribution in [3.05, 3.63) is 29.8 Å². The molecule has 2 atom stereocenters. The summed E-state index contributed by atoms with van der Waals surface area (Å²) in [6, 6.07) is 6.55. The van der Waals surface area contributed by atoms with Crippen LogP contribution in [0.5, 0.6) is 5.75 Å². The lowest BCUT2D eigenvalue weighted by Crippen LogP contribution is -2.64. The van der Waals surface area contributed by atoms with Gasteiger partial charge in [0.1, 0.15) is 5.75 Å². The number of imide groups is 1. The molecule has 0 bridgehead atoms. The summed E-state index contributed by atoms with van der Waals surface area (Å²) in [5, 5.41) is 6.64. The molecule has 1 saturated heterocycles. The number of hydrogen-bond donors (Lipinski definition) is 2. The van der Waals surface area contributed by atoms with Crippen molar-refractivity contribution in [1.82, 2.24) is 20.5 Å². The molecular weight excluding hydrogens is 360 g/mol. The molecule has 2 unspecified atom stereocenters. The molecule has 0 spiro atoms. The van der Waals surface area contributed by atoms with Gasteiger partial charge >= 0.3 is 6.03 Å². The van der Waals surface area contributed by atoms with Crippen LogP contribution < -0.4 is 15.5 Å². The number of nitrogens with zero attached hydrogens (tertiary/aromatic N) is 4. The fourth-order valence-corrected chi connectivity index (χ4v) is 3.19. The summed E-state index contributed by atoms with van der Waals surface area (Å²) in [5.41, 5.74) is 3.83. The van der Waals surface area contributed by atoms with E-state index in [0.717, 1.165) is 11.3 Å². The Balaban J connectivity index is 1.74. The Morgan fingerprint density at radius 2 is 2.04 bits per heavy atom. The highest BCUT2D eigenvalue weighted by Crippen LogP contribution is 2.24. The predicted molar refractivity (Wildman–Crippen MR) is 106 cm³/mol. The number of rotatable bonds is 6. The topological polar surface area (TPSA) is 98.6 Å². The van der Waals surface area contributed by atoms with Gasteiger partial charge in [-0.1, -0.05) is 13.8 Å². The Labute approximate surface area is 164 Å². The van der Waals surface area contributed by atoms with Crippen molar-refractivity contribution in [1.29, 1.82) is 0 Å². The number of hydrazone groups is 1. The number of likely N-dealkylation sites (N-methyl/N-ethyl adjacent to an activating group) is 1. The van der Waals surface area contributed by atoms with Gasteiger partial charge in [0.25, 0.3) is 5.91 Å². The highest BCUT2D eigenvalue weighted by atomic mass is 16.5. The summed E-state index contributed by atoms with van der Waals surface area (Å²) >= 11 is 0. The van der Waals surface area contributed by atoms with Gasteiger partial charge in [-0.3, -0.25) is 10.1 Å². The van der Waals surface area contributed by atoms with Crippen molar-refractivity contribution in [3.63, 3.8) is 0 Å². The average molecular weight is 386 g/mol. The number of aliphatic imine (C=N–C) groups is 1. The predicted octanol–water partition coefficient (Wildman–Crippen LogP) is 1.21. The number of nitrogens with one attached hydrogen (secondary N) is 2. The van der Waals surface area contributed by atoms with E-state index in [9.17, 15) is 9.59 Å². The van der Waals surface area contributed by atoms with Crippen molar-refractivity contribution in [2.24, 2.45) is 16.0 Å².